The topological polar surface area (TPSA) is 99.0 Å². The molecule has 2 heterocycles. The number of carbonyl (C=O) groups is 1. The molecule has 0 aliphatic rings. The van der Waals surface area contributed by atoms with Crippen LogP contribution in [0.15, 0.2) is 64.2 Å². The van der Waals surface area contributed by atoms with Crippen LogP contribution in [0.5, 0.6) is 11.5 Å². The van der Waals surface area contributed by atoms with Crippen molar-refractivity contribution in [3.05, 3.63) is 66.2 Å². The Morgan fingerprint density at radius 1 is 1.09 bits per heavy atom. The number of benzene rings is 2. The van der Waals surface area contributed by atoms with Gasteiger partial charge in [-0.3, -0.25) is 4.79 Å². The Bertz CT molecular complexity index is 1260. The van der Waals surface area contributed by atoms with Crippen molar-refractivity contribution in [3.8, 4) is 11.5 Å². The van der Waals surface area contributed by atoms with Crippen molar-refractivity contribution in [2.24, 2.45) is 0 Å². The van der Waals surface area contributed by atoms with Gasteiger partial charge < -0.3 is 19.4 Å². The molecule has 0 unspecified atom stereocenters. The zero-order valence-corrected chi connectivity index (χ0v) is 19.3. The number of hydrogen-bond donors (Lipinski definition) is 1. The van der Waals surface area contributed by atoms with Crippen LogP contribution in [-0.2, 0) is 9.22 Å². The number of ether oxygens (including phenoxy) is 1. The quantitative estimate of drug-likeness (QED) is 0.213. The van der Waals surface area contributed by atoms with Gasteiger partial charge in [0.1, 0.15) is 28.7 Å². The summed E-state index contributed by atoms with van der Waals surface area (Å²) in [7, 11) is 5.17. The van der Waals surface area contributed by atoms with E-state index in [2.05, 4.69) is 20.2 Å². The molecule has 0 aliphatic heterocycles. The minimum absolute atomic E-state index is 0.343. The molecule has 0 spiro atoms. The second-order valence-electron chi connectivity index (χ2n) is 7.24. The van der Waals surface area contributed by atoms with Crippen LogP contribution < -0.4 is 15.0 Å². The number of amides is 1. The molecule has 0 radical (unpaired) electrons. The van der Waals surface area contributed by atoms with Crippen molar-refractivity contribution in [1.82, 2.24) is 9.97 Å². The van der Waals surface area contributed by atoms with Gasteiger partial charge in [-0.05, 0) is 49.4 Å². The van der Waals surface area contributed by atoms with Crippen molar-refractivity contribution in [1.29, 1.82) is 0 Å². The number of nitrogens with zero attached hydrogens (tertiary/aromatic N) is 3. The Hall–Kier alpha value is -3.60. The highest BCUT2D eigenvalue weighted by molar-refractivity contribution is 7.94. The number of hydrogen-bond acceptors (Lipinski definition) is 9. The highest BCUT2D eigenvalue weighted by Crippen LogP contribution is 2.34. The van der Waals surface area contributed by atoms with Gasteiger partial charge in [-0.15, -0.1) is 0 Å². The molecule has 0 atom stereocenters. The number of aromatic nitrogens is 2. The minimum Gasteiger partial charge on any atom is -0.461 e. The normalized spacial score (nSPS) is 10.9. The van der Waals surface area contributed by atoms with E-state index in [0.29, 0.717) is 40.0 Å². The Balaban J connectivity index is 1.58. The lowest BCUT2D eigenvalue weighted by Crippen LogP contribution is -2.15. The Kier molecular flexibility index (Phi) is 6.78. The van der Waals surface area contributed by atoms with Crippen LogP contribution in [0.1, 0.15) is 16.1 Å². The zero-order valence-electron chi connectivity index (χ0n) is 18.5. The lowest BCUT2D eigenvalue weighted by Gasteiger charge is -2.12. The van der Waals surface area contributed by atoms with Gasteiger partial charge in [0.15, 0.2) is 5.82 Å². The molecule has 0 saturated heterocycles. The van der Waals surface area contributed by atoms with E-state index in [-0.39, 0.29) is 5.91 Å². The third kappa shape index (κ3) is 5.43. The molecule has 2 aromatic heterocycles. The lowest BCUT2D eigenvalue weighted by molar-refractivity contribution is -0.160. The van der Waals surface area contributed by atoms with Crippen LogP contribution in [0.3, 0.4) is 0 Å². The van der Waals surface area contributed by atoms with E-state index in [1.807, 2.05) is 44.1 Å². The average molecular weight is 467 g/mol. The molecule has 2 aromatic carbocycles. The number of furan rings is 1. The fourth-order valence-corrected chi connectivity index (χ4v) is 3.41. The molecular formula is C23H22N4O5S. The van der Waals surface area contributed by atoms with E-state index in [4.69, 9.17) is 13.5 Å². The summed E-state index contributed by atoms with van der Waals surface area (Å²) >= 11 is 1.09. The molecule has 33 heavy (non-hydrogen) atoms. The van der Waals surface area contributed by atoms with Crippen molar-refractivity contribution in [2.75, 3.05) is 31.4 Å². The molecular weight excluding hydrogens is 444 g/mol. The van der Waals surface area contributed by atoms with Gasteiger partial charge in [0, 0.05) is 24.6 Å². The van der Waals surface area contributed by atoms with Gasteiger partial charge in [-0.1, -0.05) is 0 Å². The molecule has 0 aliphatic carbocycles. The van der Waals surface area contributed by atoms with Gasteiger partial charge in [0.2, 0.25) is 0 Å². The molecule has 10 heteroatoms. The van der Waals surface area contributed by atoms with E-state index in [1.54, 1.807) is 30.5 Å². The summed E-state index contributed by atoms with van der Waals surface area (Å²) in [6, 6.07) is 12.5. The van der Waals surface area contributed by atoms with E-state index >= 15 is 0 Å². The average Bonchev–Trinajstić information content (AvgIpc) is 3.19. The summed E-state index contributed by atoms with van der Waals surface area (Å²) in [6.45, 7) is 1.84. The van der Waals surface area contributed by atoms with Gasteiger partial charge >= 0.3 is 0 Å². The van der Waals surface area contributed by atoms with Crippen molar-refractivity contribution >= 4 is 40.6 Å². The molecule has 4 rings (SSSR count). The monoisotopic (exact) mass is 466 g/mol. The maximum absolute atomic E-state index is 12.9. The van der Waals surface area contributed by atoms with Crippen LogP contribution in [0.2, 0.25) is 0 Å². The Morgan fingerprint density at radius 2 is 1.88 bits per heavy atom. The zero-order chi connectivity index (χ0) is 23.4. The van der Waals surface area contributed by atoms with Crippen LogP contribution in [-0.4, -0.2) is 37.1 Å². The van der Waals surface area contributed by atoms with Crippen LogP contribution in [0, 0.1) is 6.92 Å². The van der Waals surface area contributed by atoms with Crippen molar-refractivity contribution in [3.63, 3.8) is 0 Å². The van der Waals surface area contributed by atoms with Crippen LogP contribution in [0.25, 0.3) is 11.0 Å². The number of anilines is 2. The highest BCUT2D eigenvalue weighted by Gasteiger charge is 2.16. The molecule has 1 amide bonds. The second-order valence-corrected chi connectivity index (χ2v) is 8.02. The largest absolute Gasteiger partial charge is 0.461 e. The first kappa shape index (κ1) is 22.6. The predicted molar refractivity (Wildman–Crippen MR) is 126 cm³/mol. The summed E-state index contributed by atoms with van der Waals surface area (Å²) in [5.74, 6) is 2.48. The van der Waals surface area contributed by atoms with Crippen LogP contribution >= 0.6 is 12.0 Å². The van der Waals surface area contributed by atoms with E-state index in [9.17, 15) is 4.79 Å². The number of nitrogens with one attached hydrogen (secondary N) is 1. The Morgan fingerprint density at radius 3 is 2.55 bits per heavy atom. The van der Waals surface area contributed by atoms with Gasteiger partial charge in [-0.2, -0.15) is 4.33 Å². The standard InChI is InChI=1S/C23H22N4O5S/c1-14-9-18-19(30-14)10-15(23(28)26-21-12-25-22(13-24-21)27(2)3)11-20(18)31-16-5-7-17(8-6-16)33-32-29-4/h5-13H,1-4H3,(H,24,26,28). The molecule has 0 bridgehead atoms. The van der Waals surface area contributed by atoms with E-state index in [0.717, 1.165) is 22.3 Å². The SMILES string of the molecule is COOSc1ccc(Oc2cc(C(=O)Nc3cnc(N(C)C)cn3)cc3oc(C)cc23)cc1. The first-order chi connectivity index (χ1) is 15.9. The summed E-state index contributed by atoms with van der Waals surface area (Å²) < 4.78 is 16.7. The van der Waals surface area contributed by atoms with Gasteiger partial charge in [0.25, 0.3) is 5.91 Å². The fraction of sp³-hybridized carbons (Fsp3) is 0.174. The predicted octanol–water partition coefficient (Wildman–Crippen LogP) is 5.23. The maximum Gasteiger partial charge on any atom is 0.257 e. The summed E-state index contributed by atoms with van der Waals surface area (Å²) in [5, 5.41) is 3.52. The van der Waals surface area contributed by atoms with E-state index < -0.39 is 0 Å². The summed E-state index contributed by atoms with van der Waals surface area (Å²) in [4.78, 5) is 28.7. The third-order valence-corrected chi connectivity index (χ3v) is 5.24. The van der Waals surface area contributed by atoms with Gasteiger partial charge in [0.05, 0.1) is 36.9 Å². The highest BCUT2D eigenvalue weighted by atomic mass is 32.2. The smallest absolute Gasteiger partial charge is 0.257 e. The molecule has 4 aromatic rings. The molecule has 1 N–H and O–H groups in total. The number of aryl methyl sites for hydroxylation is 1. The molecule has 0 fully saturated rings. The van der Waals surface area contributed by atoms with Crippen molar-refractivity contribution < 1.29 is 23.2 Å². The Labute approximate surface area is 194 Å². The summed E-state index contributed by atoms with van der Waals surface area (Å²) in [5.41, 5.74) is 0.913. The number of carbonyl (C=O) groups excluding carboxylic acids is 1. The van der Waals surface area contributed by atoms with Crippen LogP contribution in [0.4, 0.5) is 11.6 Å². The van der Waals surface area contributed by atoms with Gasteiger partial charge in [-0.25, -0.2) is 14.9 Å². The first-order valence-electron chi connectivity index (χ1n) is 9.93. The molecule has 170 valence electrons. The molecule has 9 nitrogen and oxygen atoms in total. The number of fused-ring (bicyclic) bond motifs is 1. The lowest BCUT2D eigenvalue weighted by atomic mass is 10.1. The number of rotatable bonds is 8. The maximum atomic E-state index is 12.9. The molecule has 0 saturated carbocycles. The minimum atomic E-state index is -0.355. The van der Waals surface area contributed by atoms with E-state index in [1.165, 1.54) is 13.3 Å². The third-order valence-electron chi connectivity index (χ3n) is 4.57. The fourth-order valence-electron chi connectivity index (χ4n) is 3.02. The summed E-state index contributed by atoms with van der Waals surface area (Å²) in [6.07, 6.45) is 3.09. The first-order valence-corrected chi connectivity index (χ1v) is 10.7. The van der Waals surface area contributed by atoms with Crippen molar-refractivity contribution in [2.45, 2.75) is 11.8 Å². The second kappa shape index (κ2) is 9.90.